The lowest BCUT2D eigenvalue weighted by molar-refractivity contribution is -0.0565. The van der Waals surface area contributed by atoms with Crippen molar-refractivity contribution in [3.05, 3.63) is 28.2 Å². The summed E-state index contributed by atoms with van der Waals surface area (Å²) in [7, 11) is 0. The second kappa shape index (κ2) is 5.45. The van der Waals surface area contributed by atoms with Gasteiger partial charge in [-0.1, -0.05) is 43.6 Å². The van der Waals surface area contributed by atoms with Gasteiger partial charge in [-0.25, -0.2) is 0 Å². The van der Waals surface area contributed by atoms with E-state index in [-0.39, 0.29) is 17.6 Å². The molecule has 0 saturated heterocycles. The molecule has 3 heteroatoms. The van der Waals surface area contributed by atoms with E-state index in [0.29, 0.717) is 5.92 Å². The van der Waals surface area contributed by atoms with Crippen molar-refractivity contribution in [3.63, 3.8) is 0 Å². The molecule has 0 aromatic heterocycles. The standard InChI is InChI=1S/C16H24BrNO/c1-5-16(4)14(18)9-15(16)19-13-7-6-11(17)8-12(13)10(2)3/h6-8,10,14-15H,5,9,18H2,1-4H3. The number of hydrogen-bond donors (Lipinski definition) is 1. The van der Waals surface area contributed by atoms with Crippen molar-refractivity contribution in [2.45, 2.75) is 58.6 Å². The van der Waals surface area contributed by atoms with Crippen LogP contribution in [0.5, 0.6) is 5.75 Å². The number of rotatable bonds is 4. The normalized spacial score (nSPS) is 30.3. The van der Waals surface area contributed by atoms with Crippen LogP contribution in [0.15, 0.2) is 22.7 Å². The van der Waals surface area contributed by atoms with Crippen LogP contribution in [0.4, 0.5) is 0 Å². The Kier molecular flexibility index (Phi) is 4.26. The van der Waals surface area contributed by atoms with Gasteiger partial charge in [-0.05, 0) is 36.1 Å². The second-order valence-corrected chi connectivity index (χ2v) is 7.06. The molecular weight excluding hydrogens is 302 g/mol. The first-order valence-corrected chi connectivity index (χ1v) is 7.89. The molecule has 0 radical (unpaired) electrons. The molecule has 0 heterocycles. The van der Waals surface area contributed by atoms with Gasteiger partial charge in [0.2, 0.25) is 0 Å². The zero-order valence-electron chi connectivity index (χ0n) is 12.2. The van der Waals surface area contributed by atoms with Gasteiger partial charge < -0.3 is 10.5 Å². The quantitative estimate of drug-likeness (QED) is 0.886. The van der Waals surface area contributed by atoms with E-state index in [9.17, 15) is 0 Å². The summed E-state index contributed by atoms with van der Waals surface area (Å²) in [5.41, 5.74) is 7.52. The maximum Gasteiger partial charge on any atom is 0.123 e. The molecule has 3 unspecified atom stereocenters. The summed E-state index contributed by atoms with van der Waals surface area (Å²) in [5, 5.41) is 0. The van der Waals surface area contributed by atoms with E-state index in [1.807, 2.05) is 6.07 Å². The number of benzene rings is 1. The van der Waals surface area contributed by atoms with E-state index in [1.54, 1.807) is 0 Å². The van der Waals surface area contributed by atoms with Gasteiger partial charge in [-0.2, -0.15) is 0 Å². The summed E-state index contributed by atoms with van der Waals surface area (Å²) in [6.07, 6.45) is 2.26. The summed E-state index contributed by atoms with van der Waals surface area (Å²) in [4.78, 5) is 0. The zero-order chi connectivity index (χ0) is 14.2. The highest BCUT2D eigenvalue weighted by Crippen LogP contribution is 2.45. The summed E-state index contributed by atoms with van der Waals surface area (Å²) in [5.74, 6) is 1.46. The smallest absolute Gasteiger partial charge is 0.123 e. The van der Waals surface area contributed by atoms with Gasteiger partial charge in [0.1, 0.15) is 11.9 Å². The van der Waals surface area contributed by atoms with Gasteiger partial charge in [0.15, 0.2) is 0 Å². The van der Waals surface area contributed by atoms with E-state index in [1.165, 1.54) is 5.56 Å². The zero-order valence-corrected chi connectivity index (χ0v) is 13.8. The van der Waals surface area contributed by atoms with E-state index in [2.05, 4.69) is 55.8 Å². The first-order valence-electron chi connectivity index (χ1n) is 7.10. The number of nitrogens with two attached hydrogens (primary N) is 1. The molecule has 1 fully saturated rings. The maximum atomic E-state index is 6.27. The highest BCUT2D eigenvalue weighted by molar-refractivity contribution is 9.10. The molecule has 1 aliphatic rings. The summed E-state index contributed by atoms with van der Waals surface area (Å²) in [6.45, 7) is 8.82. The van der Waals surface area contributed by atoms with Crippen LogP contribution in [-0.2, 0) is 0 Å². The molecule has 3 atom stereocenters. The largest absolute Gasteiger partial charge is 0.489 e. The maximum absolute atomic E-state index is 6.27. The van der Waals surface area contributed by atoms with Gasteiger partial charge in [0.05, 0.1) is 0 Å². The first-order chi connectivity index (χ1) is 8.88. The van der Waals surface area contributed by atoms with Gasteiger partial charge in [-0.3, -0.25) is 0 Å². The van der Waals surface area contributed by atoms with Crippen LogP contribution in [0, 0.1) is 5.41 Å². The Labute approximate surface area is 124 Å². The predicted octanol–water partition coefficient (Wildman–Crippen LogP) is 4.47. The van der Waals surface area contributed by atoms with Gasteiger partial charge in [0.25, 0.3) is 0 Å². The van der Waals surface area contributed by atoms with Crippen LogP contribution in [0.2, 0.25) is 0 Å². The lowest BCUT2D eigenvalue weighted by Gasteiger charge is -2.51. The van der Waals surface area contributed by atoms with E-state index in [0.717, 1.165) is 23.1 Å². The lowest BCUT2D eigenvalue weighted by atomic mass is 9.62. The van der Waals surface area contributed by atoms with Crippen molar-refractivity contribution < 1.29 is 4.74 Å². The average Bonchev–Trinajstić information content (AvgIpc) is 2.38. The van der Waals surface area contributed by atoms with Crippen molar-refractivity contribution in [2.75, 3.05) is 0 Å². The van der Waals surface area contributed by atoms with Crippen LogP contribution in [0.1, 0.15) is 52.0 Å². The van der Waals surface area contributed by atoms with Crippen molar-refractivity contribution >= 4 is 15.9 Å². The van der Waals surface area contributed by atoms with Crippen molar-refractivity contribution in [3.8, 4) is 5.75 Å². The summed E-state index contributed by atoms with van der Waals surface area (Å²) < 4.78 is 7.38. The predicted molar refractivity (Wildman–Crippen MR) is 83.6 cm³/mol. The molecule has 0 bridgehead atoms. The fourth-order valence-electron chi connectivity index (χ4n) is 2.75. The summed E-state index contributed by atoms with van der Waals surface area (Å²) in [6, 6.07) is 6.53. The van der Waals surface area contributed by atoms with Crippen molar-refractivity contribution in [1.29, 1.82) is 0 Å². The fraction of sp³-hybridized carbons (Fsp3) is 0.625. The van der Waals surface area contributed by atoms with E-state index < -0.39 is 0 Å². The molecule has 106 valence electrons. The molecule has 2 N–H and O–H groups in total. The average molecular weight is 326 g/mol. The van der Waals surface area contributed by atoms with Crippen LogP contribution in [0.3, 0.4) is 0 Å². The molecule has 1 saturated carbocycles. The Bertz CT molecular complexity index is 460. The SMILES string of the molecule is CCC1(C)C(N)CC1Oc1ccc(Br)cc1C(C)C. The van der Waals surface area contributed by atoms with Crippen LogP contribution in [-0.4, -0.2) is 12.1 Å². The summed E-state index contributed by atoms with van der Waals surface area (Å²) >= 11 is 3.53. The minimum Gasteiger partial charge on any atom is -0.489 e. The minimum absolute atomic E-state index is 0.112. The third-order valence-corrected chi connectivity index (χ3v) is 5.17. The molecule has 1 aromatic rings. The Morgan fingerprint density at radius 1 is 1.47 bits per heavy atom. The van der Waals surface area contributed by atoms with Crippen molar-refractivity contribution in [2.24, 2.45) is 11.1 Å². The molecule has 2 rings (SSSR count). The highest BCUT2D eigenvalue weighted by atomic mass is 79.9. The van der Waals surface area contributed by atoms with E-state index in [4.69, 9.17) is 10.5 Å². The van der Waals surface area contributed by atoms with Gasteiger partial charge in [-0.15, -0.1) is 0 Å². The molecule has 19 heavy (non-hydrogen) atoms. The number of ether oxygens (including phenoxy) is 1. The third kappa shape index (κ3) is 2.68. The topological polar surface area (TPSA) is 35.2 Å². The number of hydrogen-bond acceptors (Lipinski definition) is 2. The molecule has 1 aliphatic carbocycles. The third-order valence-electron chi connectivity index (χ3n) is 4.68. The van der Waals surface area contributed by atoms with Gasteiger partial charge in [0, 0.05) is 22.4 Å². The molecule has 0 amide bonds. The number of halogens is 1. The van der Waals surface area contributed by atoms with Crippen molar-refractivity contribution in [1.82, 2.24) is 0 Å². The van der Waals surface area contributed by atoms with Crippen LogP contribution in [0.25, 0.3) is 0 Å². The van der Waals surface area contributed by atoms with E-state index >= 15 is 0 Å². The van der Waals surface area contributed by atoms with Gasteiger partial charge >= 0.3 is 0 Å². The highest BCUT2D eigenvalue weighted by Gasteiger charge is 2.50. The van der Waals surface area contributed by atoms with Crippen LogP contribution < -0.4 is 10.5 Å². The molecule has 0 spiro atoms. The molecule has 1 aromatic carbocycles. The minimum atomic E-state index is 0.112. The Hall–Kier alpha value is -0.540. The van der Waals surface area contributed by atoms with Crippen LogP contribution >= 0.6 is 15.9 Å². The molecule has 0 aliphatic heterocycles. The Balaban J connectivity index is 2.21. The first kappa shape index (κ1) is 14.9. The lowest BCUT2D eigenvalue weighted by Crippen LogP contribution is -2.61. The Morgan fingerprint density at radius 2 is 2.16 bits per heavy atom. The Morgan fingerprint density at radius 3 is 2.68 bits per heavy atom. The second-order valence-electron chi connectivity index (χ2n) is 6.14. The fourth-order valence-corrected chi connectivity index (χ4v) is 3.13. The molecule has 2 nitrogen and oxygen atoms in total. The molecular formula is C16H24BrNO. The monoisotopic (exact) mass is 325 g/mol.